The van der Waals surface area contributed by atoms with E-state index in [4.69, 9.17) is 9.47 Å². The number of allylic oxidation sites excluding steroid dienone is 2. The van der Waals surface area contributed by atoms with Gasteiger partial charge in [-0.2, -0.15) is 0 Å². The largest absolute Gasteiger partial charge is 0.490 e. The fourth-order valence-electron chi connectivity index (χ4n) is 2.38. The van der Waals surface area contributed by atoms with Gasteiger partial charge in [-0.15, -0.1) is 4.40 Å². The second-order valence-electron chi connectivity index (χ2n) is 5.61. The van der Waals surface area contributed by atoms with Gasteiger partial charge in [0.15, 0.2) is 5.84 Å². The Morgan fingerprint density at radius 1 is 1.24 bits per heavy atom. The maximum Gasteiger partial charge on any atom is 0.342 e. The van der Waals surface area contributed by atoms with E-state index in [1.165, 1.54) is 6.08 Å². The second kappa shape index (κ2) is 7.10. The van der Waals surface area contributed by atoms with Crippen LogP contribution >= 0.6 is 0 Å². The highest BCUT2D eigenvalue weighted by Gasteiger charge is 2.30. The fourth-order valence-corrected chi connectivity index (χ4v) is 3.37. The van der Waals surface area contributed by atoms with Crippen LogP contribution in [0, 0.1) is 6.92 Å². The number of ether oxygens (including phenoxy) is 2. The molecule has 0 fully saturated rings. The molecule has 2 aliphatic heterocycles. The van der Waals surface area contributed by atoms with Crippen molar-refractivity contribution in [3.05, 3.63) is 53.8 Å². The Hall–Kier alpha value is -2.61. The standard InChI is InChI=1S/C17H18N2O5S/c1-13-4-6-14(7-5-13)23-10-11-24-17(20)15-3-2-8-19-9-12-25(21,22)18-16(15)19/h2-8H,9-12H2,1H3. The Bertz CT molecular complexity index is 854. The Balaban J connectivity index is 1.57. The van der Waals surface area contributed by atoms with E-state index in [-0.39, 0.29) is 36.9 Å². The third-order valence-corrected chi connectivity index (χ3v) is 4.83. The minimum Gasteiger partial charge on any atom is -0.490 e. The molecule has 8 heteroatoms. The third kappa shape index (κ3) is 4.27. The number of hydrogen-bond acceptors (Lipinski definition) is 6. The van der Waals surface area contributed by atoms with E-state index in [0.717, 1.165) is 5.56 Å². The predicted octanol–water partition coefficient (Wildman–Crippen LogP) is 1.41. The molecule has 0 saturated heterocycles. The molecule has 7 nitrogen and oxygen atoms in total. The lowest BCUT2D eigenvalue weighted by molar-refractivity contribution is -0.139. The second-order valence-corrected chi connectivity index (χ2v) is 7.37. The van der Waals surface area contributed by atoms with Crippen LogP contribution in [0.4, 0.5) is 0 Å². The van der Waals surface area contributed by atoms with Crippen LogP contribution < -0.4 is 4.74 Å². The van der Waals surface area contributed by atoms with Crippen molar-refractivity contribution in [3.63, 3.8) is 0 Å². The van der Waals surface area contributed by atoms with Gasteiger partial charge in [0.05, 0.1) is 5.75 Å². The normalized spacial score (nSPS) is 18.0. The van der Waals surface area contributed by atoms with Crippen molar-refractivity contribution in [2.75, 3.05) is 25.5 Å². The first-order valence-electron chi connectivity index (χ1n) is 7.79. The lowest BCUT2D eigenvalue weighted by atomic mass is 10.1. The molecule has 0 amide bonds. The van der Waals surface area contributed by atoms with Crippen LogP contribution in [-0.4, -0.2) is 50.6 Å². The van der Waals surface area contributed by atoms with Gasteiger partial charge in [-0.05, 0) is 31.2 Å². The van der Waals surface area contributed by atoms with E-state index < -0.39 is 16.0 Å². The van der Waals surface area contributed by atoms with Gasteiger partial charge in [-0.25, -0.2) is 13.2 Å². The molecule has 1 aromatic rings. The summed E-state index contributed by atoms with van der Waals surface area (Å²) in [7, 11) is -3.55. The van der Waals surface area contributed by atoms with E-state index in [0.29, 0.717) is 5.75 Å². The Labute approximate surface area is 146 Å². The van der Waals surface area contributed by atoms with Crippen LogP contribution in [0.3, 0.4) is 0 Å². The summed E-state index contributed by atoms with van der Waals surface area (Å²) in [6.45, 7) is 2.49. The smallest absolute Gasteiger partial charge is 0.342 e. The number of carbonyl (C=O) groups is 1. The third-order valence-electron chi connectivity index (χ3n) is 3.68. The summed E-state index contributed by atoms with van der Waals surface area (Å²) >= 11 is 0. The molecule has 0 aromatic heterocycles. The van der Waals surface area contributed by atoms with Crippen LogP contribution in [0.25, 0.3) is 0 Å². The van der Waals surface area contributed by atoms with E-state index in [2.05, 4.69) is 4.40 Å². The number of sulfonamides is 1. The SMILES string of the molecule is Cc1ccc(OCCOC(=O)C2=CC=CN3CCS(=O)(=O)N=C23)cc1. The summed E-state index contributed by atoms with van der Waals surface area (Å²) in [6, 6.07) is 7.53. The van der Waals surface area contributed by atoms with Gasteiger partial charge >= 0.3 is 5.97 Å². The summed E-state index contributed by atoms with van der Waals surface area (Å²) in [5.41, 5.74) is 1.25. The molecule has 25 heavy (non-hydrogen) atoms. The van der Waals surface area contributed by atoms with Crippen LogP contribution in [0.15, 0.2) is 52.6 Å². The highest BCUT2D eigenvalue weighted by atomic mass is 32.2. The first kappa shape index (κ1) is 17.2. The van der Waals surface area contributed by atoms with Crippen molar-refractivity contribution in [3.8, 4) is 5.75 Å². The number of fused-ring (bicyclic) bond motifs is 1. The van der Waals surface area contributed by atoms with Crippen molar-refractivity contribution in [1.29, 1.82) is 0 Å². The zero-order valence-electron chi connectivity index (χ0n) is 13.7. The zero-order valence-corrected chi connectivity index (χ0v) is 14.5. The van der Waals surface area contributed by atoms with Gasteiger partial charge in [0, 0.05) is 12.7 Å². The molecule has 0 spiro atoms. The maximum atomic E-state index is 12.2. The molecule has 1 aromatic carbocycles. The average molecular weight is 362 g/mol. The molecular formula is C17H18N2O5S. The summed E-state index contributed by atoms with van der Waals surface area (Å²) < 4.78 is 37.7. The molecule has 3 rings (SSSR count). The number of amidine groups is 1. The lowest BCUT2D eigenvalue weighted by Crippen LogP contribution is -2.40. The predicted molar refractivity (Wildman–Crippen MR) is 92.8 cm³/mol. The zero-order chi connectivity index (χ0) is 17.9. The van der Waals surface area contributed by atoms with E-state index in [1.807, 2.05) is 31.2 Å². The molecule has 0 unspecified atom stereocenters. The lowest BCUT2D eigenvalue weighted by Gasteiger charge is -2.28. The van der Waals surface area contributed by atoms with E-state index in [1.54, 1.807) is 17.2 Å². The van der Waals surface area contributed by atoms with Crippen LogP contribution in [0.2, 0.25) is 0 Å². The highest BCUT2D eigenvalue weighted by Crippen LogP contribution is 2.18. The Kier molecular flexibility index (Phi) is 4.89. The van der Waals surface area contributed by atoms with Gasteiger partial charge in [0.2, 0.25) is 0 Å². The molecule has 0 atom stereocenters. The van der Waals surface area contributed by atoms with Gasteiger partial charge in [-0.1, -0.05) is 17.7 Å². The number of nitrogens with zero attached hydrogens (tertiary/aromatic N) is 2. The van der Waals surface area contributed by atoms with Crippen LogP contribution in [0.5, 0.6) is 5.75 Å². The van der Waals surface area contributed by atoms with Crippen molar-refractivity contribution < 1.29 is 22.7 Å². The molecule has 2 heterocycles. The molecule has 0 aliphatic carbocycles. The van der Waals surface area contributed by atoms with Gasteiger partial charge in [0.25, 0.3) is 10.0 Å². The van der Waals surface area contributed by atoms with Gasteiger partial charge in [-0.3, -0.25) is 0 Å². The first-order valence-corrected chi connectivity index (χ1v) is 9.40. The number of benzene rings is 1. The van der Waals surface area contributed by atoms with Gasteiger partial charge < -0.3 is 14.4 Å². The number of carbonyl (C=O) groups excluding carboxylic acids is 1. The van der Waals surface area contributed by atoms with Crippen molar-refractivity contribution >= 4 is 21.8 Å². The molecule has 132 valence electrons. The van der Waals surface area contributed by atoms with Crippen molar-refractivity contribution in [2.24, 2.45) is 4.40 Å². The minimum absolute atomic E-state index is 0.0494. The fraction of sp³-hybridized carbons (Fsp3) is 0.294. The first-order chi connectivity index (χ1) is 11.9. The molecule has 0 N–H and O–H groups in total. The number of aryl methyl sites for hydroxylation is 1. The number of rotatable bonds is 5. The van der Waals surface area contributed by atoms with E-state index >= 15 is 0 Å². The topological polar surface area (TPSA) is 85.3 Å². The quantitative estimate of drug-likeness (QED) is 0.582. The van der Waals surface area contributed by atoms with Gasteiger partial charge in [0.1, 0.15) is 24.5 Å². The summed E-state index contributed by atoms with van der Waals surface area (Å²) in [6.07, 6.45) is 4.85. The monoisotopic (exact) mass is 362 g/mol. The molecular weight excluding hydrogens is 344 g/mol. The van der Waals surface area contributed by atoms with Crippen LogP contribution in [0.1, 0.15) is 5.56 Å². The Morgan fingerprint density at radius 3 is 2.76 bits per heavy atom. The van der Waals surface area contributed by atoms with Crippen LogP contribution in [-0.2, 0) is 19.6 Å². The maximum absolute atomic E-state index is 12.2. The Morgan fingerprint density at radius 2 is 2.00 bits per heavy atom. The number of hydrogen-bond donors (Lipinski definition) is 0. The molecule has 0 radical (unpaired) electrons. The highest BCUT2D eigenvalue weighted by molar-refractivity contribution is 7.90. The molecule has 0 saturated carbocycles. The molecule has 0 bridgehead atoms. The number of esters is 1. The summed E-state index contributed by atoms with van der Waals surface area (Å²) in [5.74, 6) is 0.0967. The summed E-state index contributed by atoms with van der Waals surface area (Å²) in [4.78, 5) is 13.9. The summed E-state index contributed by atoms with van der Waals surface area (Å²) in [5, 5.41) is 0. The minimum atomic E-state index is -3.55. The van der Waals surface area contributed by atoms with Crippen molar-refractivity contribution in [1.82, 2.24) is 4.90 Å². The molecule has 2 aliphatic rings. The van der Waals surface area contributed by atoms with E-state index in [9.17, 15) is 13.2 Å². The van der Waals surface area contributed by atoms with Crippen molar-refractivity contribution in [2.45, 2.75) is 6.92 Å². The average Bonchev–Trinajstić information content (AvgIpc) is 2.59.